The number of aliphatic carboxylic acids is 1. The number of methoxy groups -OCH3 is 1. The van der Waals surface area contributed by atoms with Gasteiger partial charge in [0.05, 0.1) is 13.5 Å². The van der Waals surface area contributed by atoms with Gasteiger partial charge in [-0.25, -0.2) is 9.59 Å². The van der Waals surface area contributed by atoms with E-state index in [1.807, 2.05) is 6.26 Å². The lowest BCUT2D eigenvalue weighted by molar-refractivity contribution is -0.147. The Kier molecular flexibility index (Phi) is 6.63. The van der Waals surface area contributed by atoms with Gasteiger partial charge in [0, 0.05) is 11.3 Å². The van der Waals surface area contributed by atoms with Crippen LogP contribution in [0.5, 0.6) is 0 Å². The molecule has 114 valence electrons. The summed E-state index contributed by atoms with van der Waals surface area (Å²) in [6, 6.07) is -1.80. The Morgan fingerprint density at radius 2 is 2.10 bits per heavy atom. The monoisotopic (exact) mass is 304 g/mol. The fourth-order valence-electron chi connectivity index (χ4n) is 2.19. The maximum Gasteiger partial charge on any atom is 0.326 e. The highest BCUT2D eigenvalue weighted by molar-refractivity contribution is 7.99. The van der Waals surface area contributed by atoms with E-state index < -0.39 is 30.4 Å². The van der Waals surface area contributed by atoms with Crippen LogP contribution in [0, 0.1) is 0 Å². The fourth-order valence-corrected chi connectivity index (χ4v) is 3.13. The van der Waals surface area contributed by atoms with Gasteiger partial charge in [-0.3, -0.25) is 4.79 Å². The number of carbonyl (C=O) groups excluding carboxylic acids is 2. The van der Waals surface area contributed by atoms with Crippen LogP contribution in [-0.4, -0.2) is 53.8 Å². The van der Waals surface area contributed by atoms with Crippen LogP contribution in [0.25, 0.3) is 0 Å². The lowest BCUT2D eigenvalue weighted by atomic mass is 10.2. The summed E-state index contributed by atoms with van der Waals surface area (Å²) in [5.74, 6) is -1.95. The zero-order chi connectivity index (χ0) is 15.1. The van der Waals surface area contributed by atoms with Gasteiger partial charge in [-0.15, -0.1) is 0 Å². The van der Waals surface area contributed by atoms with Crippen LogP contribution in [0.15, 0.2) is 0 Å². The summed E-state index contributed by atoms with van der Waals surface area (Å²) >= 11 is 1.69. The van der Waals surface area contributed by atoms with Crippen LogP contribution in [0.2, 0.25) is 0 Å². The van der Waals surface area contributed by atoms with Gasteiger partial charge in [-0.1, -0.05) is 6.42 Å². The van der Waals surface area contributed by atoms with Crippen molar-refractivity contribution in [3.63, 3.8) is 0 Å². The second-order valence-electron chi connectivity index (χ2n) is 4.60. The number of urea groups is 1. The molecule has 2 amide bonds. The highest BCUT2D eigenvalue weighted by atomic mass is 32.2. The minimum Gasteiger partial charge on any atom is -0.480 e. The van der Waals surface area contributed by atoms with E-state index in [0.717, 1.165) is 19.3 Å². The molecule has 0 heterocycles. The molecule has 0 spiro atoms. The normalized spacial score (nSPS) is 22.9. The summed E-state index contributed by atoms with van der Waals surface area (Å²) < 4.78 is 4.40. The van der Waals surface area contributed by atoms with Crippen molar-refractivity contribution in [2.24, 2.45) is 0 Å². The van der Waals surface area contributed by atoms with Crippen LogP contribution in [-0.2, 0) is 14.3 Å². The van der Waals surface area contributed by atoms with E-state index in [0.29, 0.717) is 5.25 Å². The van der Waals surface area contributed by atoms with Crippen LogP contribution in [0.1, 0.15) is 25.7 Å². The molecular formula is C12H20N2O5S. The maximum atomic E-state index is 11.8. The van der Waals surface area contributed by atoms with Gasteiger partial charge < -0.3 is 20.5 Å². The summed E-state index contributed by atoms with van der Waals surface area (Å²) in [5.41, 5.74) is 0. The molecule has 1 aliphatic rings. The average Bonchev–Trinajstić information content (AvgIpc) is 2.84. The lowest BCUT2D eigenvalue weighted by Crippen LogP contribution is -2.50. The molecule has 0 aromatic carbocycles. The number of rotatable bonds is 6. The first-order valence-electron chi connectivity index (χ1n) is 6.37. The number of nitrogens with one attached hydrogen (secondary N) is 2. The van der Waals surface area contributed by atoms with Crippen molar-refractivity contribution in [1.29, 1.82) is 0 Å². The molecular weight excluding hydrogens is 284 g/mol. The van der Waals surface area contributed by atoms with E-state index in [4.69, 9.17) is 5.11 Å². The summed E-state index contributed by atoms with van der Waals surface area (Å²) in [7, 11) is 1.17. The van der Waals surface area contributed by atoms with E-state index >= 15 is 0 Å². The van der Waals surface area contributed by atoms with Crippen LogP contribution >= 0.6 is 11.8 Å². The van der Waals surface area contributed by atoms with E-state index in [9.17, 15) is 14.4 Å². The predicted molar refractivity (Wildman–Crippen MR) is 74.7 cm³/mol. The highest BCUT2D eigenvalue weighted by Crippen LogP contribution is 2.28. The number of carboxylic acids is 1. The molecule has 1 fully saturated rings. The second kappa shape index (κ2) is 7.98. The number of esters is 1. The van der Waals surface area contributed by atoms with Gasteiger partial charge in [-0.2, -0.15) is 11.8 Å². The topological polar surface area (TPSA) is 105 Å². The first-order valence-corrected chi connectivity index (χ1v) is 7.66. The highest BCUT2D eigenvalue weighted by Gasteiger charge is 2.29. The smallest absolute Gasteiger partial charge is 0.326 e. The zero-order valence-electron chi connectivity index (χ0n) is 11.5. The first-order chi connectivity index (χ1) is 9.47. The third-order valence-electron chi connectivity index (χ3n) is 3.27. The Labute approximate surface area is 121 Å². The van der Waals surface area contributed by atoms with Gasteiger partial charge in [0.2, 0.25) is 0 Å². The van der Waals surface area contributed by atoms with E-state index in [1.54, 1.807) is 11.8 Å². The number of hydrogen-bond acceptors (Lipinski definition) is 5. The SMILES string of the molecule is COC(=O)C[C@H](NC(=O)NC1CCCC1SC)C(=O)O. The van der Waals surface area contributed by atoms with Gasteiger partial charge in [0.25, 0.3) is 0 Å². The molecule has 3 atom stereocenters. The molecule has 1 saturated carbocycles. The molecule has 2 unspecified atom stereocenters. The molecule has 1 rings (SSSR count). The number of hydrogen-bond donors (Lipinski definition) is 3. The van der Waals surface area contributed by atoms with E-state index in [2.05, 4.69) is 15.4 Å². The van der Waals surface area contributed by atoms with E-state index in [-0.39, 0.29) is 6.04 Å². The largest absolute Gasteiger partial charge is 0.480 e. The minimum atomic E-state index is -1.28. The van der Waals surface area contributed by atoms with Crippen molar-refractivity contribution in [3.05, 3.63) is 0 Å². The summed E-state index contributed by atoms with van der Waals surface area (Å²) in [6.07, 6.45) is 4.56. The molecule has 0 radical (unpaired) electrons. The molecule has 1 aliphatic carbocycles. The first kappa shape index (κ1) is 16.6. The fraction of sp³-hybridized carbons (Fsp3) is 0.750. The number of ether oxygens (including phenoxy) is 1. The second-order valence-corrected chi connectivity index (χ2v) is 5.68. The Bertz CT molecular complexity index is 377. The number of carbonyl (C=O) groups is 3. The number of carboxylic acid groups (broad SMARTS) is 1. The summed E-state index contributed by atoms with van der Waals surface area (Å²) in [6.45, 7) is 0. The Morgan fingerprint density at radius 1 is 1.40 bits per heavy atom. The average molecular weight is 304 g/mol. The third-order valence-corrected chi connectivity index (χ3v) is 4.44. The Hall–Kier alpha value is -1.44. The van der Waals surface area contributed by atoms with E-state index in [1.165, 1.54) is 7.11 Å². The predicted octanol–water partition coefficient (Wildman–Crippen LogP) is 0.586. The van der Waals surface area contributed by atoms with Crippen LogP contribution < -0.4 is 10.6 Å². The Balaban J connectivity index is 2.49. The van der Waals surface area contributed by atoms with Crippen LogP contribution in [0.4, 0.5) is 4.79 Å². The van der Waals surface area contributed by atoms with Crippen molar-refractivity contribution in [2.75, 3.05) is 13.4 Å². The standard InChI is InChI=1S/C12H20N2O5S/c1-19-10(15)6-8(11(16)17)14-12(18)13-7-4-3-5-9(7)20-2/h7-9H,3-6H2,1-2H3,(H,16,17)(H2,13,14,18)/t7?,8-,9?/m0/s1. The van der Waals surface area contributed by atoms with Crippen molar-refractivity contribution in [3.8, 4) is 0 Å². The maximum absolute atomic E-state index is 11.8. The number of amides is 2. The molecule has 0 aliphatic heterocycles. The van der Waals surface area contributed by atoms with Gasteiger partial charge >= 0.3 is 18.0 Å². The summed E-state index contributed by atoms with van der Waals surface area (Å²) in [5, 5.41) is 14.4. The zero-order valence-corrected chi connectivity index (χ0v) is 12.4. The van der Waals surface area contributed by atoms with Gasteiger partial charge in [-0.05, 0) is 19.1 Å². The molecule has 3 N–H and O–H groups in total. The van der Waals surface area contributed by atoms with Crippen molar-refractivity contribution >= 4 is 29.7 Å². The number of thioether (sulfide) groups is 1. The van der Waals surface area contributed by atoms with Gasteiger partial charge in [0.1, 0.15) is 6.04 Å². The van der Waals surface area contributed by atoms with Crippen molar-refractivity contribution in [2.45, 2.75) is 43.0 Å². The lowest BCUT2D eigenvalue weighted by Gasteiger charge is -2.21. The molecule has 0 saturated heterocycles. The molecule has 7 nitrogen and oxygen atoms in total. The molecule has 8 heteroatoms. The van der Waals surface area contributed by atoms with Crippen molar-refractivity contribution < 1.29 is 24.2 Å². The third kappa shape index (κ3) is 4.92. The van der Waals surface area contributed by atoms with Crippen molar-refractivity contribution in [1.82, 2.24) is 10.6 Å². The molecule has 0 bridgehead atoms. The summed E-state index contributed by atoms with van der Waals surface area (Å²) in [4.78, 5) is 33.9. The molecule has 0 aromatic heterocycles. The van der Waals surface area contributed by atoms with Crippen LogP contribution in [0.3, 0.4) is 0 Å². The minimum absolute atomic E-state index is 0.0394. The molecule has 20 heavy (non-hydrogen) atoms. The van der Waals surface area contributed by atoms with Gasteiger partial charge in [0.15, 0.2) is 0 Å². The molecule has 0 aromatic rings. The quantitative estimate of drug-likeness (QED) is 0.620. The Morgan fingerprint density at radius 3 is 2.65 bits per heavy atom.